The molecule has 0 bridgehead atoms. The summed E-state index contributed by atoms with van der Waals surface area (Å²) in [4.78, 5) is 0. The van der Waals surface area contributed by atoms with Gasteiger partial charge in [0.25, 0.3) is 0 Å². The van der Waals surface area contributed by atoms with Crippen LogP contribution in [0.25, 0.3) is 0 Å². The van der Waals surface area contributed by atoms with E-state index >= 15 is 0 Å². The number of hydrogen-bond acceptors (Lipinski definition) is 3. The quantitative estimate of drug-likeness (QED) is 0.613. The molecule has 0 heterocycles. The first kappa shape index (κ1) is 14.5. The van der Waals surface area contributed by atoms with Gasteiger partial charge in [0, 0.05) is 16.1 Å². The van der Waals surface area contributed by atoms with Gasteiger partial charge in [0.05, 0.1) is 0 Å². The zero-order valence-electron chi connectivity index (χ0n) is 10.00. The van der Waals surface area contributed by atoms with Crippen molar-refractivity contribution in [3.8, 4) is 0 Å². The molecule has 0 aromatic heterocycles. The van der Waals surface area contributed by atoms with Crippen molar-refractivity contribution in [3.05, 3.63) is 59.2 Å². The van der Waals surface area contributed by atoms with Crippen molar-refractivity contribution in [3.63, 3.8) is 0 Å². The van der Waals surface area contributed by atoms with E-state index in [9.17, 15) is 0 Å². The molecule has 2 aromatic rings. The van der Waals surface area contributed by atoms with E-state index in [4.69, 9.17) is 36.7 Å². The van der Waals surface area contributed by atoms with E-state index in [-0.39, 0.29) is 0 Å². The summed E-state index contributed by atoms with van der Waals surface area (Å²) in [6.45, 7) is 0. The number of hydrogen-bond donors (Lipinski definition) is 0. The van der Waals surface area contributed by atoms with Crippen LogP contribution in [-0.2, 0) is 0 Å². The van der Waals surface area contributed by atoms with Gasteiger partial charge in [0.2, 0.25) is 0 Å². The van der Waals surface area contributed by atoms with Crippen LogP contribution < -0.4 is 10.6 Å². The highest BCUT2D eigenvalue weighted by atomic mass is 32.1. The van der Waals surface area contributed by atoms with Crippen LogP contribution in [0.1, 0.15) is 16.7 Å². The van der Waals surface area contributed by atoms with E-state index in [1.54, 1.807) is 16.1 Å². The zero-order chi connectivity index (χ0) is 13.7. The van der Waals surface area contributed by atoms with E-state index in [1.807, 2.05) is 24.3 Å². The third-order valence-electron chi connectivity index (χ3n) is 2.66. The SMILES string of the molecule is S=Cc1ccc(Pc2ccc(C=S)cc2C=S)cc1. The predicted octanol–water partition coefficient (Wildman–Crippen LogP) is 3.36. The van der Waals surface area contributed by atoms with Gasteiger partial charge in [-0.05, 0) is 33.4 Å². The minimum absolute atomic E-state index is 0.584. The van der Waals surface area contributed by atoms with E-state index in [2.05, 4.69) is 18.2 Å². The highest BCUT2D eigenvalue weighted by Gasteiger charge is 2.03. The number of benzene rings is 2. The van der Waals surface area contributed by atoms with Crippen molar-refractivity contribution in [1.29, 1.82) is 0 Å². The predicted molar refractivity (Wildman–Crippen MR) is 98.7 cm³/mol. The minimum atomic E-state index is 0.584. The lowest BCUT2D eigenvalue weighted by atomic mass is 10.2. The largest absolute Gasteiger partial charge is 0.0881 e. The minimum Gasteiger partial charge on any atom is -0.0881 e. The number of thiocarbonyl (C=S) groups is 3. The molecule has 0 nitrogen and oxygen atoms in total. The average Bonchev–Trinajstić information content (AvgIpc) is 2.48. The molecule has 2 aromatic carbocycles. The van der Waals surface area contributed by atoms with Crippen LogP contribution >= 0.6 is 45.2 Å². The molecule has 4 heteroatoms. The van der Waals surface area contributed by atoms with Crippen LogP contribution in [0, 0.1) is 0 Å². The Kier molecular flexibility index (Phi) is 5.41. The number of rotatable bonds is 5. The highest BCUT2D eigenvalue weighted by molar-refractivity contribution is 7.79. The second-order valence-corrected chi connectivity index (χ2v) is 6.02. The molecule has 0 spiro atoms. The molecule has 0 saturated heterocycles. The van der Waals surface area contributed by atoms with Crippen LogP contribution in [-0.4, -0.2) is 16.1 Å². The van der Waals surface area contributed by atoms with E-state index in [0.717, 1.165) is 16.7 Å². The summed E-state index contributed by atoms with van der Waals surface area (Å²) in [5.74, 6) is 0. The molecule has 0 saturated carbocycles. The Morgan fingerprint density at radius 3 is 1.95 bits per heavy atom. The maximum absolute atomic E-state index is 5.08. The van der Waals surface area contributed by atoms with Gasteiger partial charge in [-0.25, -0.2) is 0 Å². The molecule has 1 atom stereocenters. The van der Waals surface area contributed by atoms with Crippen molar-refractivity contribution in [1.82, 2.24) is 0 Å². The fraction of sp³-hybridized carbons (Fsp3) is 0. The van der Waals surface area contributed by atoms with Crippen LogP contribution in [0.2, 0.25) is 0 Å². The molecule has 19 heavy (non-hydrogen) atoms. The van der Waals surface area contributed by atoms with Crippen molar-refractivity contribution in [2.45, 2.75) is 0 Å². The summed E-state index contributed by atoms with van der Waals surface area (Å²) in [5.41, 5.74) is 3.16. The molecular formula is C15H11PS3. The van der Waals surface area contributed by atoms with Gasteiger partial charge < -0.3 is 0 Å². The maximum Gasteiger partial charge on any atom is 0.00927 e. The topological polar surface area (TPSA) is 0 Å². The molecule has 2 rings (SSSR count). The van der Waals surface area contributed by atoms with Gasteiger partial charge in [0.15, 0.2) is 0 Å². The van der Waals surface area contributed by atoms with Gasteiger partial charge in [-0.1, -0.05) is 81.6 Å². The first-order valence-electron chi connectivity index (χ1n) is 5.63. The Balaban J connectivity index is 2.28. The summed E-state index contributed by atoms with van der Waals surface area (Å²) in [6.07, 6.45) is 0. The Bertz CT molecular complexity index is 618. The first-order valence-corrected chi connectivity index (χ1v) is 8.05. The summed E-state index contributed by atoms with van der Waals surface area (Å²) < 4.78 is 0. The lowest BCUT2D eigenvalue weighted by molar-refractivity contribution is 1.71. The second-order valence-electron chi connectivity index (χ2n) is 3.95. The summed E-state index contributed by atoms with van der Waals surface area (Å²) in [5, 5.41) is 7.59. The van der Waals surface area contributed by atoms with Crippen LogP contribution in [0.4, 0.5) is 0 Å². The van der Waals surface area contributed by atoms with Crippen molar-refractivity contribution in [2.75, 3.05) is 0 Å². The summed E-state index contributed by atoms with van der Waals surface area (Å²) in [7, 11) is 0.584. The smallest absolute Gasteiger partial charge is 0.00927 e. The molecule has 0 aliphatic heterocycles. The third-order valence-corrected chi connectivity index (χ3v) is 4.81. The zero-order valence-corrected chi connectivity index (χ0v) is 13.4. The van der Waals surface area contributed by atoms with Crippen LogP contribution in [0.15, 0.2) is 42.5 Å². The molecule has 94 valence electrons. The Labute approximate surface area is 131 Å². The monoisotopic (exact) mass is 318 g/mol. The average molecular weight is 318 g/mol. The summed E-state index contributed by atoms with van der Waals surface area (Å²) >= 11 is 14.9. The Morgan fingerprint density at radius 1 is 0.737 bits per heavy atom. The van der Waals surface area contributed by atoms with Crippen molar-refractivity contribution >= 4 is 71.9 Å². The van der Waals surface area contributed by atoms with Gasteiger partial charge in [0.1, 0.15) is 0 Å². The molecular weight excluding hydrogens is 307 g/mol. The van der Waals surface area contributed by atoms with Crippen molar-refractivity contribution in [2.24, 2.45) is 0 Å². The Morgan fingerprint density at radius 2 is 1.37 bits per heavy atom. The van der Waals surface area contributed by atoms with E-state index in [0.29, 0.717) is 8.58 Å². The molecule has 1 unspecified atom stereocenters. The van der Waals surface area contributed by atoms with E-state index in [1.165, 1.54) is 10.6 Å². The molecule has 0 amide bonds. The van der Waals surface area contributed by atoms with E-state index < -0.39 is 0 Å². The van der Waals surface area contributed by atoms with Gasteiger partial charge in [-0.3, -0.25) is 0 Å². The molecule has 0 aliphatic rings. The van der Waals surface area contributed by atoms with Gasteiger partial charge >= 0.3 is 0 Å². The van der Waals surface area contributed by atoms with Crippen molar-refractivity contribution < 1.29 is 0 Å². The molecule has 0 fully saturated rings. The second kappa shape index (κ2) is 7.06. The Hall–Kier alpha value is -0.860. The molecule has 0 N–H and O–H groups in total. The highest BCUT2D eigenvalue weighted by Crippen LogP contribution is 2.14. The standard InChI is InChI=1S/C15H11PS3/c17-8-11-1-4-14(5-2-11)16-15-6-3-12(9-18)7-13(15)10-19/h1-10,16H. The van der Waals surface area contributed by atoms with Crippen LogP contribution in [0.3, 0.4) is 0 Å². The van der Waals surface area contributed by atoms with Crippen LogP contribution in [0.5, 0.6) is 0 Å². The van der Waals surface area contributed by atoms with Gasteiger partial charge in [-0.2, -0.15) is 0 Å². The maximum atomic E-state index is 5.08. The fourth-order valence-corrected chi connectivity index (χ4v) is 3.37. The lowest BCUT2D eigenvalue weighted by Crippen LogP contribution is -2.09. The van der Waals surface area contributed by atoms with Gasteiger partial charge in [-0.15, -0.1) is 0 Å². The molecule has 0 aliphatic carbocycles. The molecule has 0 radical (unpaired) electrons. The summed E-state index contributed by atoms with van der Waals surface area (Å²) in [6, 6.07) is 14.5. The first-order chi connectivity index (χ1) is 9.26. The lowest BCUT2D eigenvalue weighted by Gasteiger charge is -2.07. The normalized spacial score (nSPS) is 10.5. The third kappa shape index (κ3) is 3.80. The fourth-order valence-electron chi connectivity index (χ4n) is 1.67.